The molecule has 0 unspecified atom stereocenters. The van der Waals surface area contributed by atoms with Crippen molar-refractivity contribution >= 4 is 6.47 Å². The van der Waals surface area contributed by atoms with E-state index in [0.29, 0.717) is 19.2 Å². The van der Waals surface area contributed by atoms with E-state index < -0.39 is 0 Å². The molecule has 0 N–H and O–H groups in total. The van der Waals surface area contributed by atoms with Crippen molar-refractivity contribution in [1.29, 1.82) is 0 Å². The zero-order valence-corrected chi connectivity index (χ0v) is 15.5. The largest absolute Gasteiger partial charge is 0.452 e. The van der Waals surface area contributed by atoms with Crippen LogP contribution in [0.1, 0.15) is 27.7 Å². The summed E-state index contributed by atoms with van der Waals surface area (Å²) in [6.45, 7) is 20.5. The van der Waals surface area contributed by atoms with Crippen LogP contribution in [0.3, 0.4) is 0 Å². The van der Waals surface area contributed by atoms with E-state index in [1.54, 1.807) is 0 Å². The molecule has 1 aliphatic heterocycles. The van der Waals surface area contributed by atoms with Crippen molar-refractivity contribution in [3.05, 3.63) is 0 Å². The molecule has 0 radical (unpaired) electrons. The topological polar surface area (TPSA) is 39.3 Å². The highest BCUT2D eigenvalue weighted by molar-refractivity contribution is 5.36. The van der Waals surface area contributed by atoms with Crippen LogP contribution in [0.15, 0.2) is 0 Å². The molecule has 0 saturated carbocycles. The van der Waals surface area contributed by atoms with Gasteiger partial charge in [0.2, 0.25) is 0 Å². The Morgan fingerprint density at radius 3 is 1.70 bits per heavy atom. The lowest BCUT2D eigenvalue weighted by Crippen LogP contribution is -2.47. The minimum absolute atomic E-state index is 0.397. The van der Waals surface area contributed by atoms with Gasteiger partial charge in [-0.15, -0.1) is 0 Å². The van der Waals surface area contributed by atoms with E-state index in [1.807, 2.05) is 0 Å². The van der Waals surface area contributed by atoms with Gasteiger partial charge in [-0.3, -0.25) is 14.6 Å². The summed E-state index contributed by atoms with van der Waals surface area (Å²) < 4.78 is 5.00. The fourth-order valence-corrected chi connectivity index (χ4v) is 2.97. The van der Waals surface area contributed by atoms with Crippen molar-refractivity contribution in [2.24, 2.45) is 0 Å². The first kappa shape index (κ1) is 20.4. The highest BCUT2D eigenvalue weighted by Crippen LogP contribution is 2.03. The Morgan fingerprint density at radius 1 is 0.826 bits per heavy atom. The van der Waals surface area contributed by atoms with Gasteiger partial charge >= 0.3 is 0 Å². The Bertz CT molecular complexity index is 315. The third kappa shape index (κ3) is 8.11. The summed E-state index contributed by atoms with van der Waals surface area (Å²) in [7, 11) is 0. The van der Waals surface area contributed by atoms with E-state index >= 15 is 0 Å². The number of hydrogen-bond donors (Lipinski definition) is 0. The SMILES string of the molecule is CCN1CCN(CC)CCN(C(C)C)CCN(COC=O)CC1. The summed E-state index contributed by atoms with van der Waals surface area (Å²) in [5.74, 6) is 0. The minimum Gasteiger partial charge on any atom is -0.452 e. The van der Waals surface area contributed by atoms with Crippen LogP contribution in [0.4, 0.5) is 0 Å². The molecule has 0 amide bonds. The number of nitrogens with zero attached hydrogens (tertiary/aromatic N) is 4. The van der Waals surface area contributed by atoms with Gasteiger partial charge in [0.05, 0.1) is 0 Å². The van der Waals surface area contributed by atoms with Crippen molar-refractivity contribution in [2.75, 3.05) is 72.2 Å². The predicted molar refractivity (Wildman–Crippen MR) is 94.5 cm³/mol. The number of carbonyl (C=O) groups excluding carboxylic acids is 1. The first-order chi connectivity index (χ1) is 11.1. The van der Waals surface area contributed by atoms with Crippen molar-refractivity contribution in [3.63, 3.8) is 0 Å². The Balaban J connectivity index is 2.69. The van der Waals surface area contributed by atoms with Crippen LogP contribution in [-0.4, -0.2) is 104 Å². The molecule has 1 aliphatic rings. The lowest BCUT2D eigenvalue weighted by molar-refractivity contribution is -0.133. The van der Waals surface area contributed by atoms with Crippen molar-refractivity contribution < 1.29 is 9.53 Å². The van der Waals surface area contributed by atoms with Gasteiger partial charge in [0.15, 0.2) is 0 Å². The molecule has 0 spiro atoms. The van der Waals surface area contributed by atoms with Crippen molar-refractivity contribution in [3.8, 4) is 0 Å². The van der Waals surface area contributed by atoms with Crippen LogP contribution in [0.5, 0.6) is 0 Å². The van der Waals surface area contributed by atoms with Crippen LogP contribution in [0.2, 0.25) is 0 Å². The molecule has 1 heterocycles. The van der Waals surface area contributed by atoms with Gasteiger partial charge in [-0.25, -0.2) is 0 Å². The zero-order valence-electron chi connectivity index (χ0n) is 15.5. The molecular formula is C17H36N4O2. The van der Waals surface area contributed by atoms with Crippen LogP contribution >= 0.6 is 0 Å². The van der Waals surface area contributed by atoms with Crippen LogP contribution in [0.25, 0.3) is 0 Å². The molecule has 0 aromatic carbocycles. The molecule has 136 valence electrons. The number of carbonyl (C=O) groups is 1. The average Bonchev–Trinajstić information content (AvgIpc) is 2.54. The molecule has 6 nitrogen and oxygen atoms in total. The first-order valence-corrected chi connectivity index (χ1v) is 9.07. The summed E-state index contributed by atoms with van der Waals surface area (Å²) in [6.07, 6.45) is 0. The number of hydrogen-bond acceptors (Lipinski definition) is 6. The van der Waals surface area contributed by atoms with Crippen LogP contribution in [-0.2, 0) is 9.53 Å². The first-order valence-electron chi connectivity index (χ1n) is 9.07. The lowest BCUT2D eigenvalue weighted by Gasteiger charge is -2.34. The van der Waals surface area contributed by atoms with E-state index in [4.69, 9.17) is 4.74 Å². The maximum absolute atomic E-state index is 10.5. The second kappa shape index (κ2) is 11.8. The second-order valence-corrected chi connectivity index (χ2v) is 6.51. The zero-order chi connectivity index (χ0) is 17.1. The summed E-state index contributed by atoms with van der Waals surface area (Å²) >= 11 is 0. The number of ether oxygens (including phenoxy) is 1. The molecule has 1 fully saturated rings. The molecule has 1 saturated heterocycles. The molecule has 0 atom stereocenters. The van der Waals surface area contributed by atoms with Gasteiger partial charge in [0, 0.05) is 58.4 Å². The highest BCUT2D eigenvalue weighted by atomic mass is 16.5. The smallest absolute Gasteiger partial charge is 0.294 e. The molecule has 0 aliphatic carbocycles. The third-order valence-electron chi connectivity index (χ3n) is 4.82. The summed E-state index contributed by atoms with van der Waals surface area (Å²) in [4.78, 5) is 20.3. The number of likely N-dealkylation sites (N-methyl/N-ethyl adjacent to an activating group) is 2. The van der Waals surface area contributed by atoms with Gasteiger partial charge in [-0.05, 0) is 26.9 Å². The second-order valence-electron chi connectivity index (χ2n) is 6.51. The molecule has 6 heteroatoms. The molecular weight excluding hydrogens is 292 g/mol. The number of rotatable bonds is 6. The molecule has 1 rings (SSSR count). The lowest BCUT2D eigenvalue weighted by atomic mass is 10.3. The maximum Gasteiger partial charge on any atom is 0.294 e. The van der Waals surface area contributed by atoms with Gasteiger partial charge in [-0.1, -0.05) is 13.8 Å². The van der Waals surface area contributed by atoms with Gasteiger partial charge in [-0.2, -0.15) is 0 Å². The molecule has 23 heavy (non-hydrogen) atoms. The molecule has 0 aromatic heterocycles. The summed E-state index contributed by atoms with van der Waals surface area (Å²) in [5, 5.41) is 0. The third-order valence-corrected chi connectivity index (χ3v) is 4.82. The average molecular weight is 329 g/mol. The van der Waals surface area contributed by atoms with E-state index in [2.05, 4.69) is 47.3 Å². The van der Waals surface area contributed by atoms with E-state index in [0.717, 1.165) is 65.4 Å². The van der Waals surface area contributed by atoms with Crippen LogP contribution in [0, 0.1) is 0 Å². The van der Waals surface area contributed by atoms with E-state index in [9.17, 15) is 4.79 Å². The molecule has 0 bridgehead atoms. The Kier molecular flexibility index (Phi) is 10.4. The Morgan fingerprint density at radius 2 is 1.26 bits per heavy atom. The Hall–Kier alpha value is -0.690. The summed E-state index contributed by atoms with van der Waals surface area (Å²) in [6, 6.07) is 0.539. The molecule has 0 aromatic rings. The van der Waals surface area contributed by atoms with Crippen LogP contribution < -0.4 is 0 Å². The van der Waals surface area contributed by atoms with Gasteiger partial charge < -0.3 is 14.5 Å². The fourth-order valence-electron chi connectivity index (χ4n) is 2.97. The normalized spacial score (nSPS) is 21.8. The summed E-state index contributed by atoms with van der Waals surface area (Å²) in [5.41, 5.74) is 0. The van der Waals surface area contributed by atoms with Crippen molar-refractivity contribution in [2.45, 2.75) is 33.7 Å². The standard InChI is InChI=1S/C17H36N4O2/c1-5-18-7-8-19(6-2)11-13-21(17(3)4)14-12-20(10-9-18)15-23-16-22/h16-17H,5-15H2,1-4H3. The van der Waals surface area contributed by atoms with E-state index in [-0.39, 0.29) is 0 Å². The minimum atomic E-state index is 0.397. The van der Waals surface area contributed by atoms with Gasteiger partial charge in [0.1, 0.15) is 6.73 Å². The van der Waals surface area contributed by atoms with E-state index in [1.165, 1.54) is 0 Å². The highest BCUT2D eigenvalue weighted by Gasteiger charge is 2.16. The quantitative estimate of drug-likeness (QED) is 0.671. The van der Waals surface area contributed by atoms with Gasteiger partial charge in [0.25, 0.3) is 6.47 Å². The Labute approximate surface area is 142 Å². The predicted octanol–water partition coefficient (Wildman–Crippen LogP) is 0.787. The monoisotopic (exact) mass is 328 g/mol. The van der Waals surface area contributed by atoms with Crippen molar-refractivity contribution in [1.82, 2.24) is 19.6 Å². The maximum atomic E-state index is 10.5. The fraction of sp³-hybridized carbons (Fsp3) is 0.941.